The predicted octanol–water partition coefficient (Wildman–Crippen LogP) is 2.04. The third-order valence-corrected chi connectivity index (χ3v) is 3.98. The zero-order valence-electron chi connectivity index (χ0n) is 13.7. The average Bonchev–Trinajstić information content (AvgIpc) is 2.54. The smallest absolute Gasteiger partial charge is 0.252 e. The summed E-state index contributed by atoms with van der Waals surface area (Å²) in [6.45, 7) is 3.26. The first-order valence-corrected chi connectivity index (χ1v) is 7.61. The molecular formula is C16H23ClF2N2O3. The van der Waals surface area contributed by atoms with E-state index in [0.717, 1.165) is 12.1 Å². The van der Waals surface area contributed by atoms with Crippen molar-refractivity contribution >= 4 is 18.3 Å². The molecule has 2 rings (SSSR count). The highest BCUT2D eigenvalue weighted by atomic mass is 35.5. The number of carbonyl (C=O) groups excluding carboxylic acids is 1. The molecule has 0 bridgehead atoms. The van der Waals surface area contributed by atoms with Crippen LogP contribution in [0.2, 0.25) is 0 Å². The average molecular weight is 365 g/mol. The number of hydrogen-bond donors (Lipinski definition) is 2. The molecule has 1 unspecified atom stereocenters. The van der Waals surface area contributed by atoms with Crippen LogP contribution in [0.4, 0.5) is 8.78 Å². The first-order valence-electron chi connectivity index (χ1n) is 7.61. The van der Waals surface area contributed by atoms with E-state index in [-0.39, 0.29) is 36.7 Å². The number of hydrogen-bond acceptors (Lipinski definition) is 4. The normalized spacial score (nSPS) is 17.5. The fourth-order valence-electron chi connectivity index (χ4n) is 2.56. The van der Waals surface area contributed by atoms with Gasteiger partial charge in [-0.15, -0.1) is 12.4 Å². The molecule has 24 heavy (non-hydrogen) atoms. The number of piperidine rings is 1. The number of halogens is 3. The van der Waals surface area contributed by atoms with E-state index in [4.69, 9.17) is 9.47 Å². The molecule has 136 valence electrons. The molecule has 1 aromatic carbocycles. The largest absolute Gasteiger partial charge is 0.488 e. The van der Waals surface area contributed by atoms with Crippen molar-refractivity contribution in [1.82, 2.24) is 10.6 Å². The maximum absolute atomic E-state index is 13.5. The molecule has 0 radical (unpaired) electrons. The van der Waals surface area contributed by atoms with Gasteiger partial charge in [0.2, 0.25) is 0 Å². The number of carbonyl (C=O) groups is 1. The molecule has 0 spiro atoms. The van der Waals surface area contributed by atoms with Crippen molar-refractivity contribution in [1.29, 1.82) is 0 Å². The monoisotopic (exact) mass is 364 g/mol. The highest BCUT2D eigenvalue weighted by molar-refractivity contribution is 5.85. The number of amides is 1. The maximum atomic E-state index is 13.5. The van der Waals surface area contributed by atoms with E-state index in [1.54, 1.807) is 6.92 Å². The minimum Gasteiger partial charge on any atom is -0.488 e. The lowest BCUT2D eigenvalue weighted by molar-refractivity contribution is -0.147. The summed E-state index contributed by atoms with van der Waals surface area (Å²) >= 11 is 0. The fraction of sp³-hybridized carbons (Fsp3) is 0.562. The number of benzene rings is 1. The number of ether oxygens (including phenoxy) is 2. The van der Waals surface area contributed by atoms with Crippen molar-refractivity contribution in [2.24, 2.45) is 0 Å². The van der Waals surface area contributed by atoms with Crippen molar-refractivity contribution < 1.29 is 23.0 Å². The van der Waals surface area contributed by atoms with Gasteiger partial charge in [0.05, 0.1) is 6.04 Å². The second kappa shape index (κ2) is 9.15. The van der Waals surface area contributed by atoms with Crippen LogP contribution in [0, 0.1) is 11.6 Å². The Morgan fingerprint density at radius 2 is 2.04 bits per heavy atom. The Kier molecular flexibility index (Phi) is 7.86. The van der Waals surface area contributed by atoms with E-state index in [1.165, 1.54) is 13.2 Å². The number of nitrogens with one attached hydrogen (secondary N) is 2. The molecule has 1 aliphatic rings. The minimum atomic E-state index is -0.833. The van der Waals surface area contributed by atoms with Crippen LogP contribution in [0.25, 0.3) is 0 Å². The van der Waals surface area contributed by atoms with E-state index >= 15 is 0 Å². The van der Waals surface area contributed by atoms with Crippen LogP contribution < -0.4 is 15.4 Å². The fourth-order valence-corrected chi connectivity index (χ4v) is 2.56. The molecule has 0 aliphatic carbocycles. The van der Waals surface area contributed by atoms with Gasteiger partial charge in [0.15, 0.2) is 11.6 Å². The summed E-state index contributed by atoms with van der Waals surface area (Å²) in [5, 5.41) is 6.01. The van der Waals surface area contributed by atoms with Gasteiger partial charge in [-0.05, 0) is 45.0 Å². The van der Waals surface area contributed by atoms with E-state index in [9.17, 15) is 13.6 Å². The Balaban J connectivity index is 0.00000288. The van der Waals surface area contributed by atoms with Crippen molar-refractivity contribution in [2.45, 2.75) is 31.4 Å². The molecule has 5 nitrogen and oxygen atoms in total. The van der Waals surface area contributed by atoms with E-state index in [0.29, 0.717) is 25.9 Å². The summed E-state index contributed by atoms with van der Waals surface area (Å²) in [4.78, 5) is 12.4. The van der Waals surface area contributed by atoms with Crippen LogP contribution in [-0.4, -0.2) is 44.4 Å². The zero-order valence-corrected chi connectivity index (χ0v) is 14.6. The molecule has 1 saturated heterocycles. The van der Waals surface area contributed by atoms with Crippen molar-refractivity contribution in [3.63, 3.8) is 0 Å². The molecule has 1 atom stereocenters. The highest BCUT2D eigenvalue weighted by Crippen LogP contribution is 2.23. The van der Waals surface area contributed by atoms with Crippen molar-refractivity contribution in [2.75, 3.05) is 26.8 Å². The van der Waals surface area contributed by atoms with E-state index < -0.39 is 17.2 Å². The molecule has 0 saturated carbocycles. The van der Waals surface area contributed by atoms with Gasteiger partial charge in [-0.3, -0.25) is 4.79 Å². The lowest BCUT2D eigenvalue weighted by Gasteiger charge is -2.35. The Hall–Kier alpha value is -1.44. The van der Waals surface area contributed by atoms with Gasteiger partial charge >= 0.3 is 0 Å². The molecule has 1 aliphatic heterocycles. The maximum Gasteiger partial charge on any atom is 0.252 e. The van der Waals surface area contributed by atoms with Crippen molar-refractivity contribution in [3.8, 4) is 5.75 Å². The minimum absolute atomic E-state index is 0. The standard InChI is InChI=1S/C16H22F2N2O3.ClH/c1-11(10-23-14-4-3-12(17)9-13(14)18)20-15(21)16(22-2)5-7-19-8-6-16;/h3-4,9,11,19H,5-8,10H2,1-2H3,(H,20,21);1H. The van der Waals surface area contributed by atoms with Crippen molar-refractivity contribution in [3.05, 3.63) is 29.8 Å². The van der Waals surface area contributed by atoms with Gasteiger partial charge in [-0.25, -0.2) is 8.78 Å². The van der Waals surface area contributed by atoms with Crippen LogP contribution in [0.15, 0.2) is 18.2 Å². The number of methoxy groups -OCH3 is 1. The highest BCUT2D eigenvalue weighted by Gasteiger charge is 2.40. The van der Waals surface area contributed by atoms with Gasteiger partial charge in [-0.2, -0.15) is 0 Å². The van der Waals surface area contributed by atoms with Gasteiger partial charge in [0.25, 0.3) is 5.91 Å². The Bertz CT molecular complexity index is 554. The summed E-state index contributed by atoms with van der Waals surface area (Å²) in [6.07, 6.45) is 1.19. The lowest BCUT2D eigenvalue weighted by Crippen LogP contribution is -2.56. The molecule has 1 amide bonds. The summed E-state index contributed by atoms with van der Waals surface area (Å²) < 4.78 is 37.1. The van der Waals surface area contributed by atoms with Crippen LogP contribution in [-0.2, 0) is 9.53 Å². The first-order chi connectivity index (χ1) is 11.0. The Morgan fingerprint density at radius 3 is 2.62 bits per heavy atom. The van der Waals surface area contributed by atoms with Gasteiger partial charge in [-0.1, -0.05) is 0 Å². The van der Waals surface area contributed by atoms with Crippen LogP contribution in [0.3, 0.4) is 0 Å². The van der Waals surface area contributed by atoms with Crippen LogP contribution in [0.1, 0.15) is 19.8 Å². The van der Waals surface area contributed by atoms with Crippen LogP contribution >= 0.6 is 12.4 Å². The quantitative estimate of drug-likeness (QED) is 0.811. The second-order valence-corrected chi connectivity index (χ2v) is 5.71. The lowest BCUT2D eigenvalue weighted by atomic mass is 9.91. The van der Waals surface area contributed by atoms with Gasteiger partial charge < -0.3 is 20.1 Å². The molecular weight excluding hydrogens is 342 g/mol. The molecule has 8 heteroatoms. The predicted molar refractivity (Wildman–Crippen MR) is 88.5 cm³/mol. The first kappa shape index (κ1) is 20.6. The Morgan fingerprint density at radius 1 is 1.38 bits per heavy atom. The summed E-state index contributed by atoms with van der Waals surface area (Å²) in [6, 6.07) is 2.76. The number of rotatable bonds is 6. The van der Waals surface area contributed by atoms with E-state index in [2.05, 4.69) is 10.6 Å². The van der Waals surface area contributed by atoms with Crippen LogP contribution in [0.5, 0.6) is 5.75 Å². The molecule has 1 heterocycles. The molecule has 1 aromatic rings. The zero-order chi connectivity index (χ0) is 16.9. The Labute approximate surface area is 146 Å². The second-order valence-electron chi connectivity index (χ2n) is 5.71. The van der Waals surface area contributed by atoms with Gasteiger partial charge in [0, 0.05) is 13.2 Å². The third-order valence-electron chi connectivity index (χ3n) is 3.98. The topological polar surface area (TPSA) is 59.6 Å². The molecule has 2 N–H and O–H groups in total. The third kappa shape index (κ3) is 5.03. The SMILES string of the molecule is COC1(C(=O)NC(C)COc2ccc(F)cc2F)CCNCC1.Cl. The molecule has 1 fully saturated rings. The molecule has 0 aromatic heterocycles. The van der Waals surface area contributed by atoms with Gasteiger partial charge in [0.1, 0.15) is 18.0 Å². The van der Waals surface area contributed by atoms with E-state index in [1.807, 2.05) is 0 Å². The summed E-state index contributed by atoms with van der Waals surface area (Å²) in [5.41, 5.74) is -0.833. The summed E-state index contributed by atoms with van der Waals surface area (Å²) in [7, 11) is 1.53. The summed E-state index contributed by atoms with van der Waals surface area (Å²) in [5.74, 6) is -1.67.